The van der Waals surface area contributed by atoms with E-state index in [0.717, 1.165) is 18.2 Å². The number of aliphatic imine (C=N–C) groups is 1. The quantitative estimate of drug-likeness (QED) is 0.568. The van der Waals surface area contributed by atoms with E-state index in [9.17, 15) is 0 Å². The van der Waals surface area contributed by atoms with Crippen molar-refractivity contribution in [1.82, 2.24) is 4.90 Å². The van der Waals surface area contributed by atoms with Crippen molar-refractivity contribution in [3.8, 4) is 5.75 Å². The van der Waals surface area contributed by atoms with Crippen molar-refractivity contribution in [3.63, 3.8) is 0 Å². The molecule has 0 saturated carbocycles. The van der Waals surface area contributed by atoms with Gasteiger partial charge in [-0.05, 0) is 68.9 Å². The fourth-order valence-corrected chi connectivity index (χ4v) is 3.25. The maximum atomic E-state index is 6.12. The van der Waals surface area contributed by atoms with E-state index in [4.69, 9.17) is 22.1 Å². The van der Waals surface area contributed by atoms with Crippen LogP contribution in [-0.2, 0) is 0 Å². The maximum Gasteiger partial charge on any atom is 0.193 e. The Balaban J connectivity index is 1.75. The molecule has 5 nitrogen and oxygen atoms in total. The van der Waals surface area contributed by atoms with Crippen molar-refractivity contribution in [1.29, 1.82) is 0 Å². The predicted octanol–water partition coefficient (Wildman–Crippen LogP) is 3.83. The molecule has 1 heterocycles. The molecule has 25 heavy (non-hydrogen) atoms. The highest BCUT2D eigenvalue weighted by Gasteiger charge is 2.18. The monoisotopic (exact) mass is 366 g/mol. The SMILES string of the molecule is COc1ccc(NC(N)=NCC2CCN(CCC(C)C)CC2)cc1Cl. The van der Waals surface area contributed by atoms with E-state index in [1.54, 1.807) is 13.2 Å². The van der Waals surface area contributed by atoms with Crippen LogP contribution in [0.15, 0.2) is 23.2 Å². The smallest absolute Gasteiger partial charge is 0.193 e. The number of anilines is 1. The molecule has 2 rings (SSSR count). The van der Waals surface area contributed by atoms with Crippen LogP contribution in [0.5, 0.6) is 5.75 Å². The Morgan fingerprint density at radius 1 is 1.40 bits per heavy atom. The van der Waals surface area contributed by atoms with Crippen LogP contribution in [0, 0.1) is 11.8 Å². The molecule has 1 saturated heterocycles. The number of halogens is 1. The minimum atomic E-state index is 0.434. The molecule has 1 aliphatic rings. The summed E-state index contributed by atoms with van der Waals surface area (Å²) in [6.45, 7) is 8.92. The van der Waals surface area contributed by atoms with Crippen molar-refractivity contribution in [2.75, 3.05) is 38.6 Å². The van der Waals surface area contributed by atoms with Gasteiger partial charge in [0.1, 0.15) is 5.75 Å². The number of benzene rings is 1. The van der Waals surface area contributed by atoms with Crippen LogP contribution in [0.25, 0.3) is 0 Å². The van der Waals surface area contributed by atoms with Crippen molar-refractivity contribution in [2.24, 2.45) is 22.6 Å². The van der Waals surface area contributed by atoms with E-state index < -0.39 is 0 Å². The summed E-state index contributed by atoms with van der Waals surface area (Å²) in [7, 11) is 1.60. The molecule has 0 unspecified atom stereocenters. The molecule has 1 aromatic carbocycles. The lowest BCUT2D eigenvalue weighted by Crippen LogP contribution is -2.36. The summed E-state index contributed by atoms with van der Waals surface area (Å²) in [6, 6.07) is 5.47. The first-order valence-corrected chi connectivity index (χ1v) is 9.48. The Morgan fingerprint density at radius 2 is 2.12 bits per heavy atom. The lowest BCUT2D eigenvalue weighted by molar-refractivity contribution is 0.180. The second-order valence-electron chi connectivity index (χ2n) is 7.17. The molecule has 0 bridgehead atoms. The van der Waals surface area contributed by atoms with Gasteiger partial charge < -0.3 is 20.7 Å². The summed E-state index contributed by atoms with van der Waals surface area (Å²) in [5.41, 5.74) is 6.82. The van der Waals surface area contributed by atoms with E-state index in [-0.39, 0.29) is 0 Å². The van der Waals surface area contributed by atoms with E-state index in [2.05, 4.69) is 29.1 Å². The first-order valence-electron chi connectivity index (χ1n) is 9.10. The van der Waals surface area contributed by atoms with Crippen molar-refractivity contribution in [2.45, 2.75) is 33.1 Å². The Bertz CT molecular complexity index is 569. The molecule has 0 aromatic heterocycles. The highest BCUT2D eigenvalue weighted by molar-refractivity contribution is 6.32. The number of nitrogens with one attached hydrogen (secondary N) is 1. The molecule has 0 aliphatic carbocycles. The molecule has 0 radical (unpaired) electrons. The number of piperidine rings is 1. The number of hydrogen-bond donors (Lipinski definition) is 2. The average molecular weight is 367 g/mol. The standard InChI is InChI=1S/C19H31ClN4O/c1-14(2)6-9-24-10-7-15(8-11-24)13-22-19(21)23-16-4-5-18(25-3)17(20)12-16/h4-5,12,14-15H,6-11,13H2,1-3H3,(H3,21,22,23). The summed E-state index contributed by atoms with van der Waals surface area (Å²) < 4.78 is 5.15. The highest BCUT2D eigenvalue weighted by Crippen LogP contribution is 2.27. The van der Waals surface area contributed by atoms with Gasteiger partial charge in [-0.1, -0.05) is 25.4 Å². The minimum absolute atomic E-state index is 0.434. The number of nitrogens with zero attached hydrogens (tertiary/aromatic N) is 2. The second-order valence-corrected chi connectivity index (χ2v) is 7.57. The number of ether oxygens (including phenoxy) is 1. The van der Waals surface area contributed by atoms with Gasteiger partial charge in [-0.15, -0.1) is 0 Å². The third-order valence-corrected chi connectivity index (χ3v) is 4.97. The van der Waals surface area contributed by atoms with Crippen LogP contribution in [0.2, 0.25) is 5.02 Å². The lowest BCUT2D eigenvalue weighted by atomic mass is 9.96. The number of methoxy groups -OCH3 is 1. The van der Waals surface area contributed by atoms with E-state index >= 15 is 0 Å². The zero-order valence-electron chi connectivity index (χ0n) is 15.6. The summed E-state index contributed by atoms with van der Waals surface area (Å²) >= 11 is 6.12. The number of likely N-dealkylation sites (tertiary alicyclic amines) is 1. The van der Waals surface area contributed by atoms with E-state index in [1.807, 2.05) is 12.1 Å². The number of hydrogen-bond acceptors (Lipinski definition) is 3. The molecule has 1 aliphatic heterocycles. The molecule has 1 aromatic rings. The van der Waals surface area contributed by atoms with Crippen molar-refractivity contribution in [3.05, 3.63) is 23.2 Å². The predicted molar refractivity (Wildman–Crippen MR) is 107 cm³/mol. The first kappa shape index (κ1) is 19.9. The van der Waals surface area contributed by atoms with Crippen LogP contribution in [-0.4, -0.2) is 44.1 Å². The normalized spacial score (nSPS) is 17.1. The Kier molecular flexibility index (Phi) is 7.85. The fraction of sp³-hybridized carbons (Fsp3) is 0.632. The molecule has 6 heteroatoms. The third-order valence-electron chi connectivity index (χ3n) is 4.67. The summed E-state index contributed by atoms with van der Waals surface area (Å²) in [5.74, 6) is 2.48. The number of rotatable bonds is 7. The van der Waals surface area contributed by atoms with Crippen LogP contribution in [0.1, 0.15) is 33.1 Å². The molecule has 0 atom stereocenters. The van der Waals surface area contributed by atoms with E-state index in [0.29, 0.717) is 22.6 Å². The van der Waals surface area contributed by atoms with Gasteiger partial charge in [-0.25, -0.2) is 0 Å². The lowest BCUT2D eigenvalue weighted by Gasteiger charge is -2.31. The first-order chi connectivity index (χ1) is 12.0. The van der Waals surface area contributed by atoms with Crippen LogP contribution in [0.3, 0.4) is 0 Å². The maximum absolute atomic E-state index is 6.12. The van der Waals surface area contributed by atoms with Gasteiger partial charge in [0.15, 0.2) is 5.96 Å². The molecular weight excluding hydrogens is 336 g/mol. The number of guanidine groups is 1. The van der Waals surface area contributed by atoms with Crippen LogP contribution < -0.4 is 15.8 Å². The van der Waals surface area contributed by atoms with Crippen molar-refractivity contribution < 1.29 is 4.74 Å². The largest absolute Gasteiger partial charge is 0.495 e. The average Bonchev–Trinajstić information content (AvgIpc) is 2.59. The third kappa shape index (κ3) is 6.75. The van der Waals surface area contributed by atoms with Gasteiger partial charge in [0.05, 0.1) is 12.1 Å². The molecule has 3 N–H and O–H groups in total. The summed E-state index contributed by atoms with van der Waals surface area (Å²) in [4.78, 5) is 7.08. The zero-order chi connectivity index (χ0) is 18.2. The van der Waals surface area contributed by atoms with Crippen LogP contribution >= 0.6 is 11.6 Å². The van der Waals surface area contributed by atoms with Crippen LogP contribution in [0.4, 0.5) is 5.69 Å². The highest BCUT2D eigenvalue weighted by atomic mass is 35.5. The second kappa shape index (κ2) is 9.88. The molecule has 0 amide bonds. The van der Waals surface area contributed by atoms with Gasteiger partial charge in [0, 0.05) is 12.2 Å². The number of nitrogens with two attached hydrogens (primary N) is 1. The molecule has 0 spiro atoms. The van der Waals surface area contributed by atoms with Gasteiger partial charge >= 0.3 is 0 Å². The Labute approximate surface area is 156 Å². The Hall–Kier alpha value is -1.46. The topological polar surface area (TPSA) is 62.9 Å². The van der Waals surface area contributed by atoms with Gasteiger partial charge in [0.2, 0.25) is 0 Å². The van der Waals surface area contributed by atoms with Gasteiger partial charge in [-0.3, -0.25) is 4.99 Å². The van der Waals surface area contributed by atoms with Gasteiger partial charge in [0.25, 0.3) is 0 Å². The van der Waals surface area contributed by atoms with Crippen molar-refractivity contribution >= 4 is 23.2 Å². The minimum Gasteiger partial charge on any atom is -0.495 e. The summed E-state index contributed by atoms with van der Waals surface area (Å²) in [5, 5.41) is 3.64. The molecular formula is C19H31ClN4O. The van der Waals surface area contributed by atoms with E-state index in [1.165, 1.54) is 38.9 Å². The molecule has 140 valence electrons. The zero-order valence-corrected chi connectivity index (χ0v) is 16.4. The fourth-order valence-electron chi connectivity index (χ4n) is 2.99. The Morgan fingerprint density at radius 3 is 2.72 bits per heavy atom. The van der Waals surface area contributed by atoms with Gasteiger partial charge in [-0.2, -0.15) is 0 Å². The summed E-state index contributed by atoms with van der Waals surface area (Å²) in [6.07, 6.45) is 3.68. The molecule has 1 fully saturated rings.